The van der Waals surface area contributed by atoms with E-state index in [0.717, 1.165) is 38.8 Å². The Kier molecular flexibility index (Phi) is 5.45. The van der Waals surface area contributed by atoms with Crippen LogP contribution >= 0.6 is 0 Å². The molecule has 2 rings (SSSR count). The highest BCUT2D eigenvalue weighted by Crippen LogP contribution is 2.17. The van der Waals surface area contributed by atoms with Crippen LogP contribution in [0.25, 0.3) is 0 Å². The molecular formula is C14H25NO3. The van der Waals surface area contributed by atoms with E-state index in [1.54, 1.807) is 0 Å². The van der Waals surface area contributed by atoms with Crippen LogP contribution in [0.5, 0.6) is 0 Å². The SMILES string of the molecule is C[C@H]1CCCCN1C(=O)CCOC[C@@H]1CCCO1. The highest BCUT2D eigenvalue weighted by atomic mass is 16.5. The summed E-state index contributed by atoms with van der Waals surface area (Å²) in [6, 6.07) is 0.407. The Bertz CT molecular complexity index is 264. The third-order valence-corrected chi connectivity index (χ3v) is 3.91. The van der Waals surface area contributed by atoms with E-state index < -0.39 is 0 Å². The molecule has 2 aliphatic rings. The minimum atomic E-state index is 0.245. The summed E-state index contributed by atoms with van der Waals surface area (Å²) >= 11 is 0. The van der Waals surface area contributed by atoms with Gasteiger partial charge >= 0.3 is 0 Å². The number of carbonyl (C=O) groups is 1. The lowest BCUT2D eigenvalue weighted by atomic mass is 10.0. The van der Waals surface area contributed by atoms with E-state index in [2.05, 4.69) is 6.92 Å². The first kappa shape index (κ1) is 13.8. The Morgan fingerprint density at radius 3 is 2.94 bits per heavy atom. The van der Waals surface area contributed by atoms with Crippen molar-refractivity contribution in [3.8, 4) is 0 Å². The van der Waals surface area contributed by atoms with Crippen LogP contribution in [-0.4, -0.2) is 49.3 Å². The largest absolute Gasteiger partial charge is 0.378 e. The van der Waals surface area contributed by atoms with Gasteiger partial charge in [-0.25, -0.2) is 0 Å². The standard InChI is InChI=1S/C14H25NO3/c1-12-5-2-3-8-15(12)14(16)7-10-17-11-13-6-4-9-18-13/h12-13H,2-11H2,1H3/t12-,13-/m0/s1. The predicted molar refractivity (Wildman–Crippen MR) is 69.4 cm³/mol. The van der Waals surface area contributed by atoms with Gasteiger partial charge in [-0.1, -0.05) is 0 Å². The molecule has 0 unspecified atom stereocenters. The second-order valence-electron chi connectivity index (χ2n) is 5.39. The molecule has 0 spiro atoms. The lowest BCUT2D eigenvalue weighted by Gasteiger charge is -2.33. The van der Waals surface area contributed by atoms with E-state index in [1.165, 1.54) is 6.42 Å². The first-order valence-electron chi connectivity index (χ1n) is 7.26. The smallest absolute Gasteiger partial charge is 0.225 e. The minimum absolute atomic E-state index is 0.245. The lowest BCUT2D eigenvalue weighted by molar-refractivity contribution is -0.135. The van der Waals surface area contributed by atoms with Gasteiger partial charge in [-0.3, -0.25) is 4.79 Å². The van der Waals surface area contributed by atoms with Gasteiger partial charge in [0.05, 0.1) is 25.7 Å². The molecule has 0 aromatic carbocycles. The van der Waals surface area contributed by atoms with Crippen LogP contribution in [0.2, 0.25) is 0 Å². The summed E-state index contributed by atoms with van der Waals surface area (Å²) in [5.74, 6) is 0.245. The van der Waals surface area contributed by atoms with Crippen molar-refractivity contribution >= 4 is 5.91 Å². The van der Waals surface area contributed by atoms with E-state index in [1.807, 2.05) is 4.90 Å². The molecule has 2 atom stereocenters. The highest BCUT2D eigenvalue weighted by molar-refractivity contribution is 5.76. The second kappa shape index (κ2) is 7.10. The number of piperidine rings is 1. The normalized spacial score (nSPS) is 28.6. The van der Waals surface area contributed by atoms with Crippen LogP contribution in [-0.2, 0) is 14.3 Å². The average molecular weight is 255 g/mol. The third kappa shape index (κ3) is 3.95. The number of hydrogen-bond acceptors (Lipinski definition) is 3. The molecule has 0 saturated carbocycles. The molecule has 2 aliphatic heterocycles. The summed E-state index contributed by atoms with van der Waals surface area (Å²) in [5, 5.41) is 0. The molecule has 0 N–H and O–H groups in total. The molecule has 4 nitrogen and oxygen atoms in total. The summed E-state index contributed by atoms with van der Waals surface area (Å²) < 4.78 is 11.0. The van der Waals surface area contributed by atoms with E-state index in [9.17, 15) is 4.79 Å². The molecule has 2 saturated heterocycles. The molecule has 1 amide bonds. The number of nitrogens with zero attached hydrogens (tertiary/aromatic N) is 1. The molecule has 104 valence electrons. The number of amides is 1. The molecule has 2 fully saturated rings. The zero-order chi connectivity index (χ0) is 12.8. The van der Waals surface area contributed by atoms with Gasteiger partial charge in [0.1, 0.15) is 0 Å². The van der Waals surface area contributed by atoms with Crippen molar-refractivity contribution in [1.82, 2.24) is 4.90 Å². The topological polar surface area (TPSA) is 38.8 Å². The van der Waals surface area contributed by atoms with Crippen LogP contribution in [0.1, 0.15) is 45.4 Å². The second-order valence-corrected chi connectivity index (χ2v) is 5.39. The summed E-state index contributed by atoms with van der Waals surface area (Å²) in [6.45, 7) is 5.10. The third-order valence-electron chi connectivity index (χ3n) is 3.91. The Morgan fingerprint density at radius 2 is 2.22 bits per heavy atom. The molecule has 0 radical (unpaired) electrons. The van der Waals surface area contributed by atoms with Gasteiger partial charge in [-0.2, -0.15) is 0 Å². The quantitative estimate of drug-likeness (QED) is 0.705. The molecule has 2 heterocycles. The lowest BCUT2D eigenvalue weighted by Crippen LogP contribution is -2.42. The van der Waals surface area contributed by atoms with Gasteiger partial charge in [-0.15, -0.1) is 0 Å². The van der Waals surface area contributed by atoms with Crippen LogP contribution in [0.15, 0.2) is 0 Å². The molecule has 4 heteroatoms. The Hall–Kier alpha value is -0.610. The van der Waals surface area contributed by atoms with Gasteiger partial charge in [-0.05, 0) is 39.0 Å². The zero-order valence-corrected chi connectivity index (χ0v) is 11.4. The summed E-state index contributed by atoms with van der Waals surface area (Å²) in [6.07, 6.45) is 6.54. The fraction of sp³-hybridized carbons (Fsp3) is 0.929. The molecular weight excluding hydrogens is 230 g/mol. The van der Waals surface area contributed by atoms with Crippen molar-refractivity contribution in [2.75, 3.05) is 26.4 Å². The fourth-order valence-corrected chi connectivity index (χ4v) is 2.76. The first-order valence-corrected chi connectivity index (χ1v) is 7.26. The molecule has 0 aromatic heterocycles. The van der Waals surface area contributed by atoms with E-state index in [0.29, 0.717) is 25.7 Å². The van der Waals surface area contributed by atoms with Gasteiger partial charge in [0.2, 0.25) is 5.91 Å². The van der Waals surface area contributed by atoms with Gasteiger partial charge < -0.3 is 14.4 Å². The van der Waals surface area contributed by atoms with Crippen LogP contribution in [0.4, 0.5) is 0 Å². The van der Waals surface area contributed by atoms with E-state index >= 15 is 0 Å². The Balaban J connectivity index is 1.58. The molecule has 0 aromatic rings. The monoisotopic (exact) mass is 255 g/mol. The van der Waals surface area contributed by atoms with Crippen molar-refractivity contribution in [3.63, 3.8) is 0 Å². The van der Waals surface area contributed by atoms with Gasteiger partial charge in [0.15, 0.2) is 0 Å². The van der Waals surface area contributed by atoms with E-state index in [-0.39, 0.29) is 12.0 Å². The first-order chi connectivity index (χ1) is 8.77. The Morgan fingerprint density at radius 1 is 1.33 bits per heavy atom. The summed E-state index contributed by atoms with van der Waals surface area (Å²) in [5.41, 5.74) is 0. The molecule has 0 bridgehead atoms. The van der Waals surface area contributed by atoms with Crippen LogP contribution in [0.3, 0.4) is 0 Å². The van der Waals surface area contributed by atoms with Crippen molar-refractivity contribution < 1.29 is 14.3 Å². The molecule has 0 aliphatic carbocycles. The number of likely N-dealkylation sites (tertiary alicyclic amines) is 1. The number of rotatable bonds is 5. The average Bonchev–Trinajstić information content (AvgIpc) is 2.88. The van der Waals surface area contributed by atoms with Crippen molar-refractivity contribution in [1.29, 1.82) is 0 Å². The minimum Gasteiger partial charge on any atom is -0.378 e. The van der Waals surface area contributed by atoms with Gasteiger partial charge in [0.25, 0.3) is 0 Å². The summed E-state index contributed by atoms with van der Waals surface area (Å²) in [7, 11) is 0. The van der Waals surface area contributed by atoms with Gasteiger partial charge in [0, 0.05) is 19.2 Å². The maximum atomic E-state index is 12.0. The fourth-order valence-electron chi connectivity index (χ4n) is 2.76. The number of hydrogen-bond donors (Lipinski definition) is 0. The van der Waals surface area contributed by atoms with Crippen molar-refractivity contribution in [2.45, 2.75) is 57.6 Å². The van der Waals surface area contributed by atoms with Crippen LogP contribution < -0.4 is 0 Å². The van der Waals surface area contributed by atoms with E-state index in [4.69, 9.17) is 9.47 Å². The highest BCUT2D eigenvalue weighted by Gasteiger charge is 2.22. The maximum Gasteiger partial charge on any atom is 0.225 e. The zero-order valence-electron chi connectivity index (χ0n) is 11.4. The van der Waals surface area contributed by atoms with Crippen molar-refractivity contribution in [2.24, 2.45) is 0 Å². The molecule has 18 heavy (non-hydrogen) atoms. The Labute approximate surface area is 110 Å². The maximum absolute atomic E-state index is 12.0. The summed E-state index contributed by atoms with van der Waals surface area (Å²) in [4.78, 5) is 14.0. The van der Waals surface area contributed by atoms with Crippen molar-refractivity contribution in [3.05, 3.63) is 0 Å². The number of carbonyl (C=O) groups excluding carboxylic acids is 1. The van der Waals surface area contributed by atoms with Crippen LogP contribution in [0, 0.1) is 0 Å². The predicted octanol–water partition coefficient (Wildman–Crippen LogP) is 1.97. The number of ether oxygens (including phenoxy) is 2.